The molecule has 0 saturated heterocycles. The van der Waals surface area contributed by atoms with E-state index in [2.05, 4.69) is 5.32 Å². The van der Waals surface area contributed by atoms with Crippen LogP contribution in [0.5, 0.6) is 11.5 Å². The molecule has 0 unspecified atom stereocenters. The van der Waals surface area contributed by atoms with Crippen molar-refractivity contribution in [2.45, 2.75) is 25.9 Å². The van der Waals surface area contributed by atoms with Crippen LogP contribution in [0.4, 0.5) is 5.69 Å². The van der Waals surface area contributed by atoms with Crippen molar-refractivity contribution in [3.05, 3.63) is 54.1 Å². The number of carbonyl (C=O) groups is 3. The molecule has 1 heterocycles. The molecule has 0 fully saturated rings. The molecule has 0 aliphatic carbocycles. The lowest BCUT2D eigenvalue weighted by molar-refractivity contribution is -0.127. The first-order valence-corrected chi connectivity index (χ1v) is 9.57. The summed E-state index contributed by atoms with van der Waals surface area (Å²) >= 11 is 0. The zero-order valence-electron chi connectivity index (χ0n) is 16.5. The molecule has 29 heavy (non-hydrogen) atoms. The lowest BCUT2D eigenvalue weighted by atomic mass is 10.1. The lowest BCUT2D eigenvalue weighted by Crippen LogP contribution is -2.50. The molecule has 0 aromatic heterocycles. The van der Waals surface area contributed by atoms with Gasteiger partial charge in [0.05, 0.1) is 18.8 Å². The number of rotatable bonds is 7. The Balaban J connectivity index is 1.67. The monoisotopic (exact) mass is 396 g/mol. The average molecular weight is 396 g/mol. The number of fused-ring (bicyclic) bond motifs is 1. The van der Waals surface area contributed by atoms with E-state index in [-0.39, 0.29) is 37.0 Å². The molecular formula is C22H24N2O5. The molecule has 1 aliphatic heterocycles. The summed E-state index contributed by atoms with van der Waals surface area (Å²) in [5.41, 5.74) is 1.14. The number of carbonyl (C=O) groups excluding carboxylic acids is 3. The fraction of sp³-hybridized carbons (Fsp3) is 0.318. The Morgan fingerprint density at radius 2 is 1.83 bits per heavy atom. The first-order valence-electron chi connectivity index (χ1n) is 9.57. The Morgan fingerprint density at radius 1 is 1.10 bits per heavy atom. The highest BCUT2D eigenvalue weighted by molar-refractivity contribution is 6.02. The maximum Gasteiger partial charge on any atom is 0.262 e. The van der Waals surface area contributed by atoms with Crippen LogP contribution >= 0.6 is 0 Å². The molecule has 2 aromatic carbocycles. The van der Waals surface area contributed by atoms with Gasteiger partial charge in [-0.3, -0.25) is 14.4 Å². The Morgan fingerprint density at radius 3 is 2.52 bits per heavy atom. The molecule has 7 heteroatoms. The predicted octanol–water partition coefficient (Wildman–Crippen LogP) is 2.59. The van der Waals surface area contributed by atoms with Gasteiger partial charge in [0.15, 0.2) is 11.9 Å². The maximum atomic E-state index is 12.9. The van der Waals surface area contributed by atoms with Crippen molar-refractivity contribution < 1.29 is 23.9 Å². The van der Waals surface area contributed by atoms with Gasteiger partial charge < -0.3 is 19.7 Å². The number of nitrogens with zero attached hydrogens (tertiary/aromatic N) is 1. The van der Waals surface area contributed by atoms with Gasteiger partial charge in [0.1, 0.15) is 11.5 Å². The molecule has 2 aromatic rings. The van der Waals surface area contributed by atoms with E-state index < -0.39 is 6.10 Å². The highest BCUT2D eigenvalue weighted by atomic mass is 16.5. The third kappa shape index (κ3) is 4.74. The first kappa shape index (κ1) is 20.4. The van der Waals surface area contributed by atoms with Crippen molar-refractivity contribution in [2.75, 3.05) is 25.1 Å². The zero-order chi connectivity index (χ0) is 20.8. The molecule has 3 rings (SSSR count). The van der Waals surface area contributed by atoms with E-state index in [0.717, 1.165) is 0 Å². The van der Waals surface area contributed by atoms with Gasteiger partial charge in [0, 0.05) is 25.5 Å². The minimum Gasteiger partial charge on any atom is -0.494 e. The van der Waals surface area contributed by atoms with Crippen LogP contribution in [0.25, 0.3) is 0 Å². The van der Waals surface area contributed by atoms with Crippen LogP contribution in [-0.2, 0) is 9.59 Å². The number of anilines is 1. The van der Waals surface area contributed by atoms with Gasteiger partial charge >= 0.3 is 0 Å². The van der Waals surface area contributed by atoms with Gasteiger partial charge in [-0.1, -0.05) is 12.1 Å². The molecule has 0 bridgehead atoms. The van der Waals surface area contributed by atoms with Gasteiger partial charge in [-0.05, 0) is 43.3 Å². The van der Waals surface area contributed by atoms with Gasteiger partial charge in [-0.25, -0.2) is 0 Å². The van der Waals surface area contributed by atoms with Crippen LogP contribution in [0.3, 0.4) is 0 Å². The number of likely N-dealkylation sites (N-methyl/N-ethyl adjacent to an activating group) is 1. The zero-order valence-corrected chi connectivity index (χ0v) is 16.5. The quantitative estimate of drug-likeness (QED) is 0.727. The summed E-state index contributed by atoms with van der Waals surface area (Å²) in [5.74, 6) is 0.520. The number of benzene rings is 2. The predicted molar refractivity (Wildman–Crippen MR) is 108 cm³/mol. The topological polar surface area (TPSA) is 84.9 Å². The van der Waals surface area contributed by atoms with E-state index in [9.17, 15) is 14.4 Å². The van der Waals surface area contributed by atoms with Crippen molar-refractivity contribution in [1.82, 2.24) is 5.32 Å². The summed E-state index contributed by atoms with van der Waals surface area (Å²) in [6, 6.07) is 13.9. The Kier molecular flexibility index (Phi) is 6.49. The smallest absolute Gasteiger partial charge is 0.262 e. The molecular weight excluding hydrogens is 372 g/mol. The average Bonchev–Trinajstić information content (AvgIpc) is 2.76. The molecule has 1 N–H and O–H groups in total. The number of hydrogen-bond acceptors (Lipinski definition) is 5. The van der Waals surface area contributed by atoms with Crippen LogP contribution in [-0.4, -0.2) is 43.9 Å². The second-order valence-electron chi connectivity index (χ2n) is 6.57. The summed E-state index contributed by atoms with van der Waals surface area (Å²) in [5, 5.41) is 2.54. The fourth-order valence-corrected chi connectivity index (χ4v) is 3.17. The van der Waals surface area contributed by atoms with Crippen LogP contribution in [0.15, 0.2) is 48.5 Å². The highest BCUT2D eigenvalue weighted by Crippen LogP contribution is 2.33. The van der Waals surface area contributed by atoms with Crippen LogP contribution in [0, 0.1) is 0 Å². The number of Topliss-reactive ketones (excluding diaryl/α,β-unsaturated/α-hetero) is 1. The highest BCUT2D eigenvalue weighted by Gasteiger charge is 2.33. The van der Waals surface area contributed by atoms with E-state index in [1.807, 2.05) is 6.92 Å². The molecule has 0 radical (unpaired) electrons. The van der Waals surface area contributed by atoms with Gasteiger partial charge in [0.25, 0.3) is 5.91 Å². The van der Waals surface area contributed by atoms with Crippen molar-refractivity contribution in [1.29, 1.82) is 0 Å². The number of ether oxygens (including phenoxy) is 2. The van der Waals surface area contributed by atoms with Gasteiger partial charge in [0.2, 0.25) is 5.91 Å². The van der Waals surface area contributed by atoms with E-state index in [4.69, 9.17) is 9.47 Å². The third-order valence-corrected chi connectivity index (χ3v) is 4.67. The largest absolute Gasteiger partial charge is 0.494 e. The van der Waals surface area contributed by atoms with E-state index >= 15 is 0 Å². The van der Waals surface area contributed by atoms with Crippen molar-refractivity contribution in [3.63, 3.8) is 0 Å². The molecule has 7 nitrogen and oxygen atoms in total. The van der Waals surface area contributed by atoms with Crippen LogP contribution < -0.4 is 19.7 Å². The second-order valence-corrected chi connectivity index (χ2v) is 6.57. The van der Waals surface area contributed by atoms with E-state index in [0.29, 0.717) is 29.4 Å². The molecule has 1 atom stereocenters. The standard InChI is InChI=1S/C22H24N2O5/c1-3-28-16-10-8-15(9-11-16)18(25)12-13-21(26)24-14-20(22(27)23-2)29-19-7-5-4-6-17(19)24/h4-11,20H,3,12-14H2,1-2H3,(H,23,27)/t20-/m0/s1. The van der Waals surface area contributed by atoms with Crippen molar-refractivity contribution >= 4 is 23.3 Å². The van der Waals surface area contributed by atoms with E-state index in [1.54, 1.807) is 48.5 Å². The molecule has 152 valence electrons. The second kappa shape index (κ2) is 9.23. The Hall–Kier alpha value is -3.35. The number of para-hydroxylation sites is 2. The van der Waals surface area contributed by atoms with Crippen LogP contribution in [0.1, 0.15) is 30.1 Å². The van der Waals surface area contributed by atoms with Gasteiger partial charge in [-0.15, -0.1) is 0 Å². The summed E-state index contributed by atoms with van der Waals surface area (Å²) in [4.78, 5) is 38.9. The Bertz CT molecular complexity index is 894. The normalized spacial score (nSPS) is 15.1. The first-order chi connectivity index (χ1) is 14.0. The fourth-order valence-electron chi connectivity index (χ4n) is 3.17. The Labute approximate surface area is 169 Å². The number of nitrogens with one attached hydrogen (secondary N) is 1. The number of ketones is 1. The van der Waals surface area contributed by atoms with E-state index in [1.165, 1.54) is 11.9 Å². The molecule has 2 amide bonds. The van der Waals surface area contributed by atoms with Crippen molar-refractivity contribution in [2.24, 2.45) is 0 Å². The van der Waals surface area contributed by atoms with Gasteiger partial charge in [-0.2, -0.15) is 0 Å². The third-order valence-electron chi connectivity index (χ3n) is 4.67. The van der Waals surface area contributed by atoms with Crippen LogP contribution in [0.2, 0.25) is 0 Å². The summed E-state index contributed by atoms with van der Waals surface area (Å²) in [7, 11) is 1.52. The number of amides is 2. The number of hydrogen-bond donors (Lipinski definition) is 1. The lowest BCUT2D eigenvalue weighted by Gasteiger charge is -2.34. The summed E-state index contributed by atoms with van der Waals surface area (Å²) in [6.07, 6.45) is -0.668. The maximum absolute atomic E-state index is 12.9. The summed E-state index contributed by atoms with van der Waals surface area (Å²) in [6.45, 7) is 2.55. The minimum atomic E-state index is -0.791. The summed E-state index contributed by atoms with van der Waals surface area (Å²) < 4.78 is 11.1. The van der Waals surface area contributed by atoms with Crippen molar-refractivity contribution in [3.8, 4) is 11.5 Å². The minimum absolute atomic E-state index is 0.0425. The SMILES string of the molecule is CCOc1ccc(C(=O)CCC(=O)N2C[C@@H](C(=O)NC)Oc3ccccc32)cc1. The molecule has 0 saturated carbocycles. The molecule has 1 aliphatic rings. The molecule has 0 spiro atoms.